The van der Waals surface area contributed by atoms with Crippen molar-refractivity contribution in [2.45, 2.75) is 44.4 Å². The van der Waals surface area contributed by atoms with Gasteiger partial charge in [-0.1, -0.05) is 5.11 Å². The predicted octanol–water partition coefficient (Wildman–Crippen LogP) is 4.86. The number of aromatic nitrogens is 2. The Morgan fingerprint density at radius 3 is 2.52 bits per heavy atom. The molecule has 0 saturated heterocycles. The predicted molar refractivity (Wildman–Crippen MR) is 107 cm³/mol. The van der Waals surface area contributed by atoms with Gasteiger partial charge in [-0.3, -0.25) is 4.79 Å². The summed E-state index contributed by atoms with van der Waals surface area (Å²) in [5.41, 5.74) is 8.13. The molecule has 1 aromatic heterocycles. The Bertz CT molecular complexity index is 1210. The molecular formula is C21H18F3N5O2. The van der Waals surface area contributed by atoms with Crippen LogP contribution in [-0.2, 0) is 6.54 Å². The Morgan fingerprint density at radius 2 is 1.84 bits per heavy atom. The standard InChI is InChI=1S/C21H18F3N5O2/c22-12-7-18(23)17(19(24)8-12)10-29-11-26-21(30)16-9-15(5-6-20(16)29)31-14-3-1-13(2-4-14)27-28-25/h5-9,11,13-14H,1-4,10H2. The highest BCUT2D eigenvalue weighted by Crippen LogP contribution is 2.27. The molecule has 31 heavy (non-hydrogen) atoms. The van der Waals surface area contributed by atoms with E-state index in [9.17, 15) is 18.0 Å². The van der Waals surface area contributed by atoms with Crippen molar-refractivity contribution in [2.24, 2.45) is 5.11 Å². The lowest BCUT2D eigenvalue weighted by Crippen LogP contribution is -2.25. The van der Waals surface area contributed by atoms with Gasteiger partial charge in [0.15, 0.2) is 0 Å². The van der Waals surface area contributed by atoms with Crippen molar-refractivity contribution in [1.82, 2.24) is 9.55 Å². The molecule has 0 atom stereocenters. The lowest BCUT2D eigenvalue weighted by molar-refractivity contribution is 0.147. The zero-order valence-electron chi connectivity index (χ0n) is 16.3. The minimum Gasteiger partial charge on any atom is -0.490 e. The number of hydrogen-bond acceptors (Lipinski definition) is 4. The van der Waals surface area contributed by atoms with Gasteiger partial charge in [0.2, 0.25) is 0 Å². The molecule has 160 valence electrons. The van der Waals surface area contributed by atoms with Gasteiger partial charge in [-0.25, -0.2) is 13.2 Å². The second kappa shape index (κ2) is 8.69. The zero-order chi connectivity index (χ0) is 22.0. The average Bonchev–Trinajstić information content (AvgIpc) is 2.74. The molecule has 0 unspecified atom stereocenters. The Hall–Kier alpha value is -3.52. The number of nitrogens with zero attached hydrogens (tertiary/aromatic N) is 5. The molecule has 3 aromatic rings. The molecule has 2 aromatic carbocycles. The van der Waals surface area contributed by atoms with Crippen LogP contribution < -0.4 is 10.3 Å². The summed E-state index contributed by atoms with van der Waals surface area (Å²) in [5, 5.41) is 3.98. The molecule has 0 aliphatic heterocycles. The first-order valence-electron chi connectivity index (χ1n) is 9.78. The largest absolute Gasteiger partial charge is 0.490 e. The Labute approximate surface area is 174 Å². The monoisotopic (exact) mass is 429 g/mol. The number of rotatable bonds is 5. The molecule has 1 aliphatic carbocycles. The van der Waals surface area contributed by atoms with Gasteiger partial charge in [0.1, 0.15) is 23.2 Å². The number of halogens is 3. The van der Waals surface area contributed by atoms with Gasteiger partial charge in [-0.15, -0.1) is 0 Å². The lowest BCUT2D eigenvalue weighted by atomic mass is 9.93. The van der Waals surface area contributed by atoms with E-state index >= 15 is 0 Å². The minimum atomic E-state index is -1.01. The molecule has 7 nitrogen and oxygen atoms in total. The zero-order valence-corrected chi connectivity index (χ0v) is 16.3. The van der Waals surface area contributed by atoms with E-state index in [4.69, 9.17) is 10.3 Å². The third-order valence-corrected chi connectivity index (χ3v) is 5.42. The maximum atomic E-state index is 14.1. The van der Waals surface area contributed by atoms with Crippen molar-refractivity contribution in [1.29, 1.82) is 0 Å². The summed E-state index contributed by atoms with van der Waals surface area (Å²) in [7, 11) is 0. The topological polar surface area (TPSA) is 92.9 Å². The smallest absolute Gasteiger partial charge is 0.280 e. The molecule has 0 N–H and O–H groups in total. The highest BCUT2D eigenvalue weighted by atomic mass is 19.1. The van der Waals surface area contributed by atoms with Gasteiger partial charge >= 0.3 is 0 Å². The van der Waals surface area contributed by atoms with E-state index in [-0.39, 0.29) is 29.6 Å². The van der Waals surface area contributed by atoms with Gasteiger partial charge in [-0.05, 0) is 49.4 Å². The number of ether oxygens (including phenoxy) is 1. The second-order valence-electron chi connectivity index (χ2n) is 7.46. The van der Waals surface area contributed by atoms with Crippen LogP contribution in [0.1, 0.15) is 31.2 Å². The van der Waals surface area contributed by atoms with E-state index in [2.05, 4.69) is 15.0 Å². The van der Waals surface area contributed by atoms with Crippen LogP contribution >= 0.6 is 0 Å². The van der Waals surface area contributed by atoms with Crippen LogP contribution in [0.25, 0.3) is 21.3 Å². The van der Waals surface area contributed by atoms with E-state index in [1.165, 1.54) is 10.9 Å². The molecule has 0 radical (unpaired) electrons. The van der Waals surface area contributed by atoms with E-state index in [0.717, 1.165) is 25.7 Å². The highest BCUT2D eigenvalue weighted by Gasteiger charge is 2.22. The van der Waals surface area contributed by atoms with Crippen LogP contribution in [0.5, 0.6) is 5.75 Å². The first-order chi connectivity index (χ1) is 14.9. The summed E-state index contributed by atoms with van der Waals surface area (Å²) in [6, 6.07) is 6.05. The number of fused-ring (bicyclic) bond motifs is 1. The summed E-state index contributed by atoms with van der Waals surface area (Å²) in [5.74, 6) is -2.55. The summed E-state index contributed by atoms with van der Waals surface area (Å²) in [4.78, 5) is 18.9. The van der Waals surface area contributed by atoms with Gasteiger partial charge in [0, 0.05) is 28.6 Å². The Balaban J connectivity index is 1.59. The van der Waals surface area contributed by atoms with Crippen LogP contribution in [0.2, 0.25) is 0 Å². The number of azide groups is 1. The second-order valence-corrected chi connectivity index (χ2v) is 7.46. The van der Waals surface area contributed by atoms with Crippen LogP contribution in [-0.4, -0.2) is 21.7 Å². The van der Waals surface area contributed by atoms with Crippen molar-refractivity contribution in [2.75, 3.05) is 0 Å². The molecule has 4 rings (SSSR count). The van der Waals surface area contributed by atoms with Crippen LogP contribution in [0.15, 0.2) is 46.6 Å². The third-order valence-electron chi connectivity index (χ3n) is 5.42. The maximum Gasteiger partial charge on any atom is 0.280 e. The van der Waals surface area contributed by atoms with E-state index < -0.39 is 23.0 Å². The molecule has 1 heterocycles. The van der Waals surface area contributed by atoms with Crippen LogP contribution in [0, 0.1) is 17.5 Å². The summed E-state index contributed by atoms with van der Waals surface area (Å²) in [6.45, 7) is -0.259. The minimum absolute atomic E-state index is 0.0230. The summed E-state index contributed by atoms with van der Waals surface area (Å²) in [6.07, 6.45) is 4.04. The van der Waals surface area contributed by atoms with Crippen molar-refractivity contribution in [3.05, 3.63) is 80.5 Å². The SMILES string of the molecule is [N-]=[N+]=NC1CCC(Oc2ccc3c(c2)c(=O)ncn3Cc2c(F)cc(F)cc2F)CC1. The molecule has 10 heteroatoms. The van der Waals surface area contributed by atoms with Crippen molar-refractivity contribution in [3.63, 3.8) is 0 Å². The quantitative estimate of drug-likeness (QED) is 0.329. The van der Waals surface area contributed by atoms with Gasteiger partial charge < -0.3 is 9.30 Å². The molecule has 0 bridgehead atoms. The van der Waals surface area contributed by atoms with Gasteiger partial charge in [-0.2, -0.15) is 4.98 Å². The number of benzene rings is 2. The molecule has 1 saturated carbocycles. The summed E-state index contributed by atoms with van der Waals surface area (Å²) < 4.78 is 48.7. The molecule has 1 fully saturated rings. The summed E-state index contributed by atoms with van der Waals surface area (Å²) >= 11 is 0. The van der Waals surface area contributed by atoms with Crippen molar-refractivity contribution in [3.8, 4) is 5.75 Å². The van der Waals surface area contributed by atoms with Gasteiger partial charge in [0.05, 0.1) is 29.9 Å². The normalized spacial score (nSPS) is 18.5. The first kappa shape index (κ1) is 20.7. The van der Waals surface area contributed by atoms with Crippen LogP contribution in [0.4, 0.5) is 13.2 Å². The Morgan fingerprint density at radius 1 is 1.13 bits per heavy atom. The fraction of sp³-hybridized carbons (Fsp3) is 0.333. The molecular weight excluding hydrogens is 411 g/mol. The highest BCUT2D eigenvalue weighted by molar-refractivity contribution is 5.79. The number of hydrogen-bond donors (Lipinski definition) is 0. The van der Waals surface area contributed by atoms with Crippen molar-refractivity contribution < 1.29 is 17.9 Å². The lowest BCUT2D eigenvalue weighted by Gasteiger charge is -2.26. The van der Waals surface area contributed by atoms with E-state index in [1.807, 2.05) is 0 Å². The molecule has 1 aliphatic rings. The average molecular weight is 429 g/mol. The first-order valence-corrected chi connectivity index (χ1v) is 9.78. The third kappa shape index (κ3) is 4.49. The molecule has 0 amide bonds. The maximum absolute atomic E-state index is 14.1. The van der Waals surface area contributed by atoms with E-state index in [1.54, 1.807) is 18.2 Å². The van der Waals surface area contributed by atoms with E-state index in [0.29, 0.717) is 23.4 Å². The van der Waals surface area contributed by atoms with Gasteiger partial charge in [0.25, 0.3) is 5.56 Å². The Kier molecular flexibility index (Phi) is 5.81. The van der Waals surface area contributed by atoms with Crippen LogP contribution in [0.3, 0.4) is 0 Å². The fourth-order valence-electron chi connectivity index (χ4n) is 3.83. The fourth-order valence-corrected chi connectivity index (χ4v) is 3.83. The van der Waals surface area contributed by atoms with Crippen molar-refractivity contribution >= 4 is 10.9 Å². The molecule has 0 spiro atoms.